The van der Waals surface area contributed by atoms with Crippen molar-refractivity contribution in [1.29, 1.82) is 0 Å². The van der Waals surface area contributed by atoms with Crippen LogP contribution in [0.25, 0.3) is 0 Å². The van der Waals surface area contributed by atoms with Crippen LogP contribution in [0.1, 0.15) is 59.3 Å². The van der Waals surface area contributed by atoms with Gasteiger partial charge in [0.15, 0.2) is 5.60 Å². The Kier molecular flexibility index (Phi) is 5.81. The van der Waals surface area contributed by atoms with E-state index in [4.69, 9.17) is 9.84 Å². The molecule has 4 nitrogen and oxygen atoms in total. The first-order valence-corrected chi connectivity index (χ1v) is 7.36. The lowest BCUT2D eigenvalue weighted by molar-refractivity contribution is -0.174. The van der Waals surface area contributed by atoms with Gasteiger partial charge in [0.1, 0.15) is 0 Å². The zero-order chi connectivity index (χ0) is 14.5. The van der Waals surface area contributed by atoms with Gasteiger partial charge in [-0.2, -0.15) is 0 Å². The molecule has 0 spiro atoms. The van der Waals surface area contributed by atoms with E-state index in [-0.39, 0.29) is 12.0 Å². The average Bonchev–Trinajstić information content (AvgIpc) is 2.39. The molecule has 1 fully saturated rings. The fraction of sp³-hybridized carbons (Fsp3) is 0.933. The maximum atomic E-state index is 11.5. The standard InChI is InChI=1S/C15H28O4/c1-4-14(2,3)12-6-8-15(9-7-12,13(17)18)19-11-5-10-16/h12,16H,4-11H2,1-3H3,(H,17,18). The minimum absolute atomic E-state index is 0.0428. The number of carboxylic acid groups (broad SMARTS) is 1. The third kappa shape index (κ3) is 3.93. The highest BCUT2D eigenvalue weighted by Crippen LogP contribution is 2.44. The van der Waals surface area contributed by atoms with Gasteiger partial charge in [0, 0.05) is 6.61 Å². The Morgan fingerprint density at radius 3 is 2.37 bits per heavy atom. The molecule has 0 radical (unpaired) electrons. The number of aliphatic hydroxyl groups excluding tert-OH is 1. The van der Waals surface area contributed by atoms with Crippen molar-refractivity contribution >= 4 is 5.97 Å². The molecular weight excluding hydrogens is 244 g/mol. The Morgan fingerprint density at radius 2 is 1.95 bits per heavy atom. The highest BCUT2D eigenvalue weighted by atomic mass is 16.5. The third-order valence-corrected chi connectivity index (χ3v) is 4.88. The number of aliphatic hydroxyl groups is 1. The number of hydrogen-bond acceptors (Lipinski definition) is 3. The topological polar surface area (TPSA) is 66.8 Å². The summed E-state index contributed by atoms with van der Waals surface area (Å²) in [6, 6.07) is 0. The zero-order valence-corrected chi connectivity index (χ0v) is 12.4. The third-order valence-electron chi connectivity index (χ3n) is 4.88. The summed E-state index contributed by atoms with van der Waals surface area (Å²) in [5, 5.41) is 18.2. The first-order chi connectivity index (χ1) is 8.88. The highest BCUT2D eigenvalue weighted by molar-refractivity contribution is 5.77. The smallest absolute Gasteiger partial charge is 0.335 e. The van der Waals surface area contributed by atoms with E-state index < -0.39 is 11.6 Å². The fourth-order valence-corrected chi connectivity index (χ4v) is 2.91. The molecule has 0 atom stereocenters. The minimum Gasteiger partial charge on any atom is -0.479 e. The molecule has 112 valence electrons. The molecule has 0 bridgehead atoms. The molecule has 0 aromatic rings. The lowest BCUT2D eigenvalue weighted by atomic mass is 9.66. The van der Waals surface area contributed by atoms with Gasteiger partial charge in [0.05, 0.1) is 6.61 Å². The fourth-order valence-electron chi connectivity index (χ4n) is 2.91. The number of aliphatic carboxylic acids is 1. The van der Waals surface area contributed by atoms with Crippen LogP contribution < -0.4 is 0 Å². The van der Waals surface area contributed by atoms with E-state index >= 15 is 0 Å². The van der Waals surface area contributed by atoms with E-state index in [0.29, 0.717) is 31.8 Å². The van der Waals surface area contributed by atoms with Gasteiger partial charge in [0.2, 0.25) is 0 Å². The van der Waals surface area contributed by atoms with Crippen LogP contribution in [0, 0.1) is 11.3 Å². The van der Waals surface area contributed by atoms with Gasteiger partial charge in [-0.25, -0.2) is 4.79 Å². The molecule has 0 saturated heterocycles. The van der Waals surface area contributed by atoms with Gasteiger partial charge >= 0.3 is 5.97 Å². The van der Waals surface area contributed by atoms with Crippen LogP contribution in [0.4, 0.5) is 0 Å². The summed E-state index contributed by atoms with van der Waals surface area (Å²) in [6.45, 7) is 7.08. The summed E-state index contributed by atoms with van der Waals surface area (Å²) >= 11 is 0. The van der Waals surface area contributed by atoms with Crippen molar-refractivity contribution in [2.24, 2.45) is 11.3 Å². The van der Waals surface area contributed by atoms with E-state index in [1.807, 2.05) is 0 Å². The summed E-state index contributed by atoms with van der Waals surface area (Å²) in [5.74, 6) is -0.274. The lowest BCUT2D eigenvalue weighted by Crippen LogP contribution is -2.46. The molecule has 0 aromatic heterocycles. The first kappa shape index (κ1) is 16.4. The van der Waals surface area contributed by atoms with Crippen LogP contribution in [-0.2, 0) is 9.53 Å². The maximum Gasteiger partial charge on any atom is 0.335 e. The Balaban J connectivity index is 2.62. The number of ether oxygens (including phenoxy) is 1. The van der Waals surface area contributed by atoms with E-state index in [0.717, 1.165) is 19.3 Å². The molecule has 0 aromatic carbocycles. The summed E-state index contributed by atoms with van der Waals surface area (Å²) in [6.07, 6.45) is 4.60. The van der Waals surface area contributed by atoms with Crippen molar-refractivity contribution in [2.75, 3.05) is 13.2 Å². The molecule has 1 aliphatic rings. The summed E-state index contributed by atoms with van der Waals surface area (Å²) < 4.78 is 5.61. The Bertz CT molecular complexity index is 291. The van der Waals surface area contributed by atoms with Gasteiger partial charge in [-0.15, -0.1) is 0 Å². The lowest BCUT2D eigenvalue weighted by Gasteiger charge is -2.42. The average molecular weight is 272 g/mol. The minimum atomic E-state index is -1.02. The Hall–Kier alpha value is -0.610. The van der Waals surface area contributed by atoms with Gasteiger partial charge in [-0.05, 0) is 43.4 Å². The van der Waals surface area contributed by atoms with Crippen LogP contribution >= 0.6 is 0 Å². The molecule has 2 N–H and O–H groups in total. The summed E-state index contributed by atoms with van der Waals surface area (Å²) in [4.78, 5) is 11.5. The normalized spacial score (nSPS) is 28.3. The van der Waals surface area contributed by atoms with Crippen LogP contribution in [-0.4, -0.2) is 35.0 Å². The molecular formula is C15H28O4. The molecule has 1 aliphatic carbocycles. The van der Waals surface area contributed by atoms with Crippen molar-refractivity contribution in [3.05, 3.63) is 0 Å². The Morgan fingerprint density at radius 1 is 1.37 bits per heavy atom. The van der Waals surface area contributed by atoms with Gasteiger partial charge in [0.25, 0.3) is 0 Å². The molecule has 1 rings (SSSR count). The summed E-state index contributed by atoms with van der Waals surface area (Å²) in [7, 11) is 0. The quantitative estimate of drug-likeness (QED) is 0.699. The van der Waals surface area contributed by atoms with E-state index in [2.05, 4.69) is 20.8 Å². The largest absolute Gasteiger partial charge is 0.479 e. The second kappa shape index (κ2) is 6.71. The predicted octanol–water partition coefficient (Wildman–Crippen LogP) is 2.84. The number of hydrogen-bond donors (Lipinski definition) is 2. The number of rotatable bonds is 7. The van der Waals surface area contributed by atoms with Crippen LogP contribution in [0.2, 0.25) is 0 Å². The van der Waals surface area contributed by atoms with Crippen molar-refractivity contribution in [2.45, 2.75) is 64.9 Å². The molecule has 4 heteroatoms. The number of carbonyl (C=O) groups is 1. The predicted molar refractivity (Wildman–Crippen MR) is 74.1 cm³/mol. The molecule has 0 amide bonds. The van der Waals surface area contributed by atoms with Gasteiger partial charge < -0.3 is 14.9 Å². The van der Waals surface area contributed by atoms with E-state index in [1.54, 1.807) is 0 Å². The van der Waals surface area contributed by atoms with Crippen LogP contribution in [0.3, 0.4) is 0 Å². The Labute approximate surface area is 116 Å². The second-order valence-corrected chi connectivity index (χ2v) is 6.34. The molecule has 1 saturated carbocycles. The second-order valence-electron chi connectivity index (χ2n) is 6.34. The van der Waals surface area contributed by atoms with Crippen LogP contribution in [0.5, 0.6) is 0 Å². The first-order valence-electron chi connectivity index (χ1n) is 7.36. The van der Waals surface area contributed by atoms with Crippen molar-refractivity contribution in [3.8, 4) is 0 Å². The molecule has 19 heavy (non-hydrogen) atoms. The van der Waals surface area contributed by atoms with Gasteiger partial charge in [-0.3, -0.25) is 0 Å². The van der Waals surface area contributed by atoms with Crippen molar-refractivity contribution < 1.29 is 19.7 Å². The molecule has 0 aliphatic heterocycles. The monoisotopic (exact) mass is 272 g/mol. The maximum absolute atomic E-state index is 11.5. The van der Waals surface area contributed by atoms with Crippen molar-refractivity contribution in [1.82, 2.24) is 0 Å². The van der Waals surface area contributed by atoms with Crippen LogP contribution in [0.15, 0.2) is 0 Å². The number of carboxylic acids is 1. The van der Waals surface area contributed by atoms with Gasteiger partial charge in [-0.1, -0.05) is 27.2 Å². The zero-order valence-electron chi connectivity index (χ0n) is 12.4. The summed E-state index contributed by atoms with van der Waals surface area (Å²) in [5.41, 5.74) is -0.745. The SMILES string of the molecule is CCC(C)(C)C1CCC(OCCCO)(C(=O)O)CC1. The molecule has 0 unspecified atom stereocenters. The van der Waals surface area contributed by atoms with Crippen molar-refractivity contribution in [3.63, 3.8) is 0 Å². The molecule has 0 heterocycles. The highest BCUT2D eigenvalue weighted by Gasteiger charge is 2.45. The van der Waals surface area contributed by atoms with E-state index in [1.165, 1.54) is 0 Å². The van der Waals surface area contributed by atoms with E-state index in [9.17, 15) is 9.90 Å².